The number of nitrogens with one attached hydrogen (secondary N) is 2. The maximum Gasteiger partial charge on any atom is 0.314 e. The van der Waals surface area contributed by atoms with E-state index in [1.165, 1.54) is 0 Å². The summed E-state index contributed by atoms with van der Waals surface area (Å²) in [6.07, 6.45) is 3.68. The Morgan fingerprint density at radius 2 is 2.00 bits per heavy atom. The van der Waals surface area contributed by atoms with E-state index in [1.807, 2.05) is 0 Å². The van der Waals surface area contributed by atoms with E-state index in [9.17, 15) is 13.8 Å². The average molecular weight is 262 g/mol. The van der Waals surface area contributed by atoms with Gasteiger partial charge in [0, 0.05) is 35.9 Å². The van der Waals surface area contributed by atoms with Crippen LogP contribution in [0.1, 0.15) is 19.3 Å². The van der Waals surface area contributed by atoms with Crippen LogP contribution >= 0.6 is 0 Å². The maximum atomic E-state index is 11.3. The zero-order valence-corrected chi connectivity index (χ0v) is 10.6. The quantitative estimate of drug-likeness (QED) is 0.624. The average Bonchev–Trinajstić information content (AvgIpc) is 2.14. The third-order valence-corrected chi connectivity index (χ3v) is 3.81. The van der Waals surface area contributed by atoms with E-state index in [1.54, 1.807) is 6.26 Å². The summed E-state index contributed by atoms with van der Waals surface area (Å²) in [4.78, 5) is 22.3. The lowest BCUT2D eigenvalue weighted by atomic mass is 9.69. The van der Waals surface area contributed by atoms with E-state index < -0.39 is 28.2 Å². The first-order valence-electron chi connectivity index (χ1n) is 5.51. The second kappa shape index (κ2) is 6.00. The summed E-state index contributed by atoms with van der Waals surface area (Å²) in [6.45, 7) is 0.485. The first-order chi connectivity index (χ1) is 7.96. The van der Waals surface area contributed by atoms with Crippen LogP contribution in [0.15, 0.2) is 0 Å². The van der Waals surface area contributed by atoms with Crippen LogP contribution in [0.25, 0.3) is 0 Å². The first kappa shape index (κ1) is 14.0. The van der Waals surface area contributed by atoms with Gasteiger partial charge in [0.15, 0.2) is 0 Å². The lowest BCUT2D eigenvalue weighted by Crippen LogP contribution is -2.50. The van der Waals surface area contributed by atoms with Gasteiger partial charge in [0.1, 0.15) is 0 Å². The summed E-state index contributed by atoms with van der Waals surface area (Å²) >= 11 is 0. The topological polar surface area (TPSA) is 95.5 Å². The number of amides is 2. The molecule has 0 saturated heterocycles. The van der Waals surface area contributed by atoms with E-state index in [4.69, 9.17) is 5.11 Å². The molecule has 0 aliphatic heterocycles. The number of carboxylic acid groups (broad SMARTS) is 1. The Bertz CT molecular complexity index is 328. The molecule has 2 amide bonds. The number of carbonyl (C=O) groups is 2. The predicted molar refractivity (Wildman–Crippen MR) is 64.3 cm³/mol. The Morgan fingerprint density at radius 3 is 2.41 bits per heavy atom. The van der Waals surface area contributed by atoms with Crippen LogP contribution in [0, 0.1) is 5.41 Å². The Kier molecular flexibility index (Phi) is 4.92. The van der Waals surface area contributed by atoms with Crippen molar-refractivity contribution in [2.75, 3.05) is 25.1 Å². The van der Waals surface area contributed by atoms with Crippen LogP contribution < -0.4 is 10.6 Å². The van der Waals surface area contributed by atoms with Crippen LogP contribution in [-0.2, 0) is 15.6 Å². The Balaban J connectivity index is 2.23. The largest absolute Gasteiger partial charge is 0.481 e. The highest BCUT2D eigenvalue weighted by Crippen LogP contribution is 2.40. The standard InChI is InChI=1S/C10H18N2O4S/c1-17(16)6-5-11-9(15)12-7-10(8(13)14)3-2-4-10/h2-7H2,1H3,(H,13,14)(H2,11,12,15). The van der Waals surface area contributed by atoms with Crippen molar-refractivity contribution in [1.29, 1.82) is 0 Å². The Labute approximate surface area is 103 Å². The molecule has 1 unspecified atom stereocenters. The molecule has 98 valence electrons. The molecule has 1 saturated carbocycles. The maximum absolute atomic E-state index is 11.3. The van der Waals surface area contributed by atoms with Gasteiger partial charge in [0.2, 0.25) is 0 Å². The summed E-state index contributed by atoms with van der Waals surface area (Å²) in [7, 11) is -0.937. The van der Waals surface area contributed by atoms with Gasteiger partial charge in [0.25, 0.3) is 0 Å². The van der Waals surface area contributed by atoms with Crippen molar-refractivity contribution in [2.24, 2.45) is 5.41 Å². The summed E-state index contributed by atoms with van der Waals surface area (Å²) in [6, 6.07) is -0.400. The number of carbonyl (C=O) groups excluding carboxylic acids is 1. The van der Waals surface area contributed by atoms with Gasteiger partial charge in [-0.05, 0) is 12.8 Å². The van der Waals surface area contributed by atoms with Gasteiger partial charge < -0.3 is 15.7 Å². The molecule has 17 heavy (non-hydrogen) atoms. The second-order valence-corrected chi connectivity index (χ2v) is 5.88. The SMILES string of the molecule is CS(=O)CCNC(=O)NCC1(C(=O)O)CCC1. The fourth-order valence-electron chi connectivity index (χ4n) is 1.69. The first-order valence-corrected chi connectivity index (χ1v) is 7.24. The van der Waals surface area contributed by atoms with Gasteiger partial charge >= 0.3 is 12.0 Å². The monoisotopic (exact) mass is 262 g/mol. The fraction of sp³-hybridized carbons (Fsp3) is 0.800. The van der Waals surface area contributed by atoms with E-state index in [0.29, 0.717) is 25.1 Å². The van der Waals surface area contributed by atoms with Crippen LogP contribution in [0.3, 0.4) is 0 Å². The molecule has 1 aliphatic carbocycles. The molecule has 6 nitrogen and oxygen atoms in total. The van der Waals surface area contributed by atoms with E-state index in [-0.39, 0.29) is 6.54 Å². The van der Waals surface area contributed by atoms with Crippen molar-refractivity contribution in [3.63, 3.8) is 0 Å². The minimum atomic E-state index is -0.937. The van der Waals surface area contributed by atoms with Crippen LogP contribution in [0.5, 0.6) is 0 Å². The van der Waals surface area contributed by atoms with Gasteiger partial charge in [-0.2, -0.15) is 0 Å². The van der Waals surface area contributed by atoms with Gasteiger partial charge in [-0.1, -0.05) is 6.42 Å². The molecule has 0 heterocycles. The number of hydrogen-bond acceptors (Lipinski definition) is 3. The molecule has 3 N–H and O–H groups in total. The summed E-state index contributed by atoms with van der Waals surface area (Å²) in [5, 5.41) is 14.1. The zero-order chi connectivity index (χ0) is 12.9. The molecule has 0 spiro atoms. The van der Waals surface area contributed by atoms with Crippen molar-refractivity contribution in [3.05, 3.63) is 0 Å². The Hall–Kier alpha value is -1.11. The van der Waals surface area contributed by atoms with E-state index in [0.717, 1.165) is 6.42 Å². The lowest BCUT2D eigenvalue weighted by molar-refractivity contribution is -0.153. The predicted octanol–water partition coefficient (Wildman–Crippen LogP) is -0.0810. The molecule has 0 radical (unpaired) electrons. The van der Waals surface area contributed by atoms with Crippen molar-refractivity contribution < 1.29 is 18.9 Å². The van der Waals surface area contributed by atoms with E-state index in [2.05, 4.69) is 10.6 Å². The molecular formula is C10H18N2O4S. The highest BCUT2D eigenvalue weighted by atomic mass is 32.2. The van der Waals surface area contributed by atoms with Gasteiger partial charge in [0.05, 0.1) is 5.41 Å². The number of rotatable bonds is 6. The number of urea groups is 1. The molecule has 0 aromatic carbocycles. The van der Waals surface area contributed by atoms with Gasteiger partial charge in [-0.25, -0.2) is 4.79 Å². The molecule has 1 atom stereocenters. The normalized spacial score (nSPS) is 18.9. The number of aliphatic carboxylic acids is 1. The van der Waals surface area contributed by atoms with Crippen molar-refractivity contribution in [3.8, 4) is 0 Å². The van der Waals surface area contributed by atoms with Crippen molar-refractivity contribution in [1.82, 2.24) is 10.6 Å². The van der Waals surface area contributed by atoms with E-state index >= 15 is 0 Å². The molecule has 7 heteroatoms. The summed E-state index contributed by atoms with van der Waals surface area (Å²) in [5.41, 5.74) is -0.773. The van der Waals surface area contributed by atoms with Crippen LogP contribution in [0.2, 0.25) is 0 Å². The molecule has 0 aromatic heterocycles. The molecule has 1 fully saturated rings. The number of carboxylic acids is 1. The smallest absolute Gasteiger partial charge is 0.314 e. The van der Waals surface area contributed by atoms with Gasteiger partial charge in [-0.3, -0.25) is 9.00 Å². The molecule has 0 bridgehead atoms. The summed E-state index contributed by atoms with van der Waals surface area (Å²) in [5.74, 6) is -0.448. The minimum absolute atomic E-state index is 0.156. The lowest BCUT2D eigenvalue weighted by Gasteiger charge is -2.37. The van der Waals surface area contributed by atoms with Crippen molar-refractivity contribution >= 4 is 22.8 Å². The second-order valence-electron chi connectivity index (χ2n) is 4.33. The zero-order valence-electron chi connectivity index (χ0n) is 9.82. The van der Waals surface area contributed by atoms with Crippen LogP contribution in [-0.4, -0.2) is 46.4 Å². The molecule has 1 aliphatic rings. The Morgan fingerprint density at radius 1 is 1.35 bits per heavy atom. The summed E-state index contributed by atoms with van der Waals surface area (Å²) < 4.78 is 10.7. The molecule has 1 rings (SSSR count). The van der Waals surface area contributed by atoms with Crippen molar-refractivity contribution in [2.45, 2.75) is 19.3 Å². The highest BCUT2D eigenvalue weighted by molar-refractivity contribution is 7.84. The highest BCUT2D eigenvalue weighted by Gasteiger charge is 2.44. The fourth-order valence-corrected chi connectivity index (χ4v) is 2.08. The number of hydrogen-bond donors (Lipinski definition) is 3. The third-order valence-electron chi connectivity index (χ3n) is 3.03. The third kappa shape index (κ3) is 3.99. The van der Waals surface area contributed by atoms with Gasteiger partial charge in [-0.15, -0.1) is 0 Å². The molecule has 0 aromatic rings. The molecular weight excluding hydrogens is 244 g/mol. The minimum Gasteiger partial charge on any atom is -0.481 e. The van der Waals surface area contributed by atoms with Crippen LogP contribution in [0.4, 0.5) is 4.79 Å².